The average molecular weight is 290 g/mol. The molecule has 0 bridgehead atoms. The summed E-state index contributed by atoms with van der Waals surface area (Å²) < 4.78 is 5.91. The normalized spacial score (nSPS) is 10.6. The Bertz CT molecular complexity index is 551. The first-order chi connectivity index (χ1) is 9.74. The molecule has 0 atom stereocenters. The molecule has 0 aliphatic heterocycles. The highest BCUT2D eigenvalue weighted by molar-refractivity contribution is 6.32. The third-order valence-electron chi connectivity index (χ3n) is 3.23. The number of halogens is 1. The number of rotatable bonds is 6. The zero-order valence-corrected chi connectivity index (χ0v) is 12.7. The molecule has 2 aromatic carbocycles. The van der Waals surface area contributed by atoms with Crippen LogP contribution in [0.3, 0.4) is 0 Å². The molecule has 0 amide bonds. The van der Waals surface area contributed by atoms with E-state index >= 15 is 0 Å². The molecule has 0 radical (unpaired) electrons. The first-order valence-electron chi connectivity index (χ1n) is 6.87. The average Bonchev–Trinajstić information content (AvgIpc) is 2.47. The van der Waals surface area contributed by atoms with Gasteiger partial charge < -0.3 is 10.1 Å². The summed E-state index contributed by atoms with van der Waals surface area (Å²) in [6, 6.07) is 14.3. The molecule has 2 aromatic rings. The molecule has 0 aromatic heterocycles. The van der Waals surface area contributed by atoms with Crippen molar-refractivity contribution < 1.29 is 4.74 Å². The number of aryl methyl sites for hydroxylation is 1. The van der Waals surface area contributed by atoms with Gasteiger partial charge in [-0.1, -0.05) is 54.9 Å². The summed E-state index contributed by atoms with van der Waals surface area (Å²) in [6.07, 6.45) is 1.05. The summed E-state index contributed by atoms with van der Waals surface area (Å²) in [5, 5.41) is 3.78. The van der Waals surface area contributed by atoms with Crippen molar-refractivity contribution in [3.8, 4) is 5.75 Å². The van der Waals surface area contributed by atoms with Crippen LogP contribution in [0.25, 0.3) is 0 Å². The molecule has 1 N–H and O–H groups in total. The molecular weight excluding hydrogens is 270 g/mol. The predicted octanol–water partition coefficient (Wildman–Crippen LogP) is 4.20. The maximum atomic E-state index is 6.23. The molecule has 3 heteroatoms. The molecule has 0 unspecified atom stereocenters. The van der Waals surface area contributed by atoms with E-state index in [4.69, 9.17) is 16.3 Å². The van der Waals surface area contributed by atoms with Crippen LogP contribution in [0.5, 0.6) is 5.75 Å². The Kier molecular flexibility index (Phi) is 5.45. The lowest BCUT2D eigenvalue weighted by Gasteiger charge is -2.13. The summed E-state index contributed by atoms with van der Waals surface area (Å²) in [5.74, 6) is 0.767. The van der Waals surface area contributed by atoms with Crippen LogP contribution in [0.2, 0.25) is 5.02 Å². The van der Waals surface area contributed by atoms with E-state index < -0.39 is 0 Å². The van der Waals surface area contributed by atoms with Gasteiger partial charge in [0.15, 0.2) is 0 Å². The van der Waals surface area contributed by atoms with E-state index in [1.165, 1.54) is 5.56 Å². The second-order valence-electron chi connectivity index (χ2n) is 4.72. The zero-order chi connectivity index (χ0) is 14.4. The van der Waals surface area contributed by atoms with Crippen molar-refractivity contribution in [2.75, 3.05) is 7.05 Å². The van der Waals surface area contributed by atoms with E-state index in [9.17, 15) is 0 Å². The predicted molar refractivity (Wildman–Crippen MR) is 84.4 cm³/mol. The molecule has 2 nitrogen and oxygen atoms in total. The topological polar surface area (TPSA) is 21.3 Å². The van der Waals surface area contributed by atoms with E-state index in [1.807, 2.05) is 25.2 Å². The third kappa shape index (κ3) is 3.75. The first-order valence-corrected chi connectivity index (χ1v) is 7.25. The number of nitrogens with one attached hydrogen (secondary N) is 1. The first kappa shape index (κ1) is 14.9. The summed E-state index contributed by atoms with van der Waals surface area (Å²) in [4.78, 5) is 0. The summed E-state index contributed by atoms with van der Waals surface area (Å²) in [5.41, 5.74) is 3.56. The quantitative estimate of drug-likeness (QED) is 0.860. The molecule has 0 fully saturated rings. The summed E-state index contributed by atoms with van der Waals surface area (Å²) >= 11 is 6.23. The van der Waals surface area contributed by atoms with Crippen LogP contribution in [-0.2, 0) is 19.6 Å². The van der Waals surface area contributed by atoms with Gasteiger partial charge in [0.1, 0.15) is 12.4 Å². The van der Waals surface area contributed by atoms with Crippen LogP contribution < -0.4 is 10.1 Å². The lowest BCUT2D eigenvalue weighted by molar-refractivity contribution is 0.302. The van der Waals surface area contributed by atoms with Gasteiger partial charge in [-0.3, -0.25) is 0 Å². The van der Waals surface area contributed by atoms with E-state index in [0.717, 1.165) is 29.8 Å². The van der Waals surface area contributed by atoms with E-state index in [2.05, 4.69) is 36.5 Å². The van der Waals surface area contributed by atoms with Gasteiger partial charge in [-0.25, -0.2) is 0 Å². The van der Waals surface area contributed by atoms with E-state index in [-0.39, 0.29) is 0 Å². The van der Waals surface area contributed by atoms with Gasteiger partial charge >= 0.3 is 0 Å². The van der Waals surface area contributed by atoms with Gasteiger partial charge in [0.05, 0.1) is 5.02 Å². The Morgan fingerprint density at radius 3 is 2.40 bits per heavy atom. The Hall–Kier alpha value is -1.51. The SMILES string of the molecule is CCc1ccc(COc2c(Cl)cccc2CNC)cc1. The fraction of sp³-hybridized carbons (Fsp3) is 0.294. The van der Waals surface area contributed by atoms with Crippen molar-refractivity contribution in [3.05, 3.63) is 64.2 Å². The summed E-state index contributed by atoms with van der Waals surface area (Å²) in [7, 11) is 1.91. The molecule has 0 saturated heterocycles. The van der Waals surface area contributed by atoms with Crippen LogP contribution >= 0.6 is 11.6 Å². The molecule has 0 spiro atoms. The van der Waals surface area contributed by atoms with Gasteiger partial charge in [0.2, 0.25) is 0 Å². The third-order valence-corrected chi connectivity index (χ3v) is 3.53. The molecule has 0 aliphatic carbocycles. The molecule has 106 valence electrons. The number of benzene rings is 2. The van der Waals surface area contributed by atoms with Gasteiger partial charge in [-0.05, 0) is 30.7 Å². The number of para-hydroxylation sites is 1. The van der Waals surface area contributed by atoms with Crippen LogP contribution in [0.1, 0.15) is 23.6 Å². The van der Waals surface area contributed by atoms with Crippen molar-refractivity contribution in [1.82, 2.24) is 5.32 Å². The highest BCUT2D eigenvalue weighted by atomic mass is 35.5. The van der Waals surface area contributed by atoms with E-state index in [0.29, 0.717) is 11.6 Å². The zero-order valence-electron chi connectivity index (χ0n) is 11.9. The van der Waals surface area contributed by atoms with Crippen LogP contribution in [0, 0.1) is 0 Å². The second-order valence-corrected chi connectivity index (χ2v) is 5.12. The van der Waals surface area contributed by atoms with Crippen molar-refractivity contribution in [2.45, 2.75) is 26.5 Å². The minimum atomic E-state index is 0.532. The molecule has 0 saturated carbocycles. The van der Waals surface area contributed by atoms with Gasteiger partial charge in [0, 0.05) is 12.1 Å². The molecule has 20 heavy (non-hydrogen) atoms. The van der Waals surface area contributed by atoms with Crippen molar-refractivity contribution >= 4 is 11.6 Å². The lowest BCUT2D eigenvalue weighted by Crippen LogP contribution is -2.08. The fourth-order valence-electron chi connectivity index (χ4n) is 2.07. The maximum Gasteiger partial charge on any atom is 0.142 e. The standard InChI is InChI=1S/C17H20ClNO/c1-3-13-7-9-14(10-8-13)12-20-17-15(11-19-2)5-4-6-16(17)18/h4-10,19H,3,11-12H2,1-2H3. The smallest absolute Gasteiger partial charge is 0.142 e. The highest BCUT2D eigenvalue weighted by Crippen LogP contribution is 2.29. The maximum absolute atomic E-state index is 6.23. The number of hydrogen-bond acceptors (Lipinski definition) is 2. The largest absolute Gasteiger partial charge is 0.487 e. The Morgan fingerprint density at radius 1 is 1.05 bits per heavy atom. The van der Waals surface area contributed by atoms with Crippen LogP contribution in [-0.4, -0.2) is 7.05 Å². The van der Waals surface area contributed by atoms with E-state index in [1.54, 1.807) is 0 Å². The monoisotopic (exact) mass is 289 g/mol. The van der Waals surface area contributed by atoms with Gasteiger partial charge in [0.25, 0.3) is 0 Å². The number of hydrogen-bond donors (Lipinski definition) is 1. The van der Waals surface area contributed by atoms with Crippen molar-refractivity contribution in [3.63, 3.8) is 0 Å². The van der Waals surface area contributed by atoms with Gasteiger partial charge in [-0.15, -0.1) is 0 Å². The summed E-state index contributed by atoms with van der Waals surface area (Å²) in [6.45, 7) is 3.42. The Morgan fingerprint density at radius 2 is 1.75 bits per heavy atom. The fourth-order valence-corrected chi connectivity index (χ4v) is 2.32. The van der Waals surface area contributed by atoms with Gasteiger partial charge in [-0.2, -0.15) is 0 Å². The molecule has 0 heterocycles. The Labute approximate surface area is 125 Å². The molecular formula is C17H20ClNO. The van der Waals surface area contributed by atoms with Crippen LogP contribution in [0.15, 0.2) is 42.5 Å². The minimum Gasteiger partial charge on any atom is -0.487 e. The van der Waals surface area contributed by atoms with Crippen molar-refractivity contribution in [1.29, 1.82) is 0 Å². The minimum absolute atomic E-state index is 0.532. The van der Waals surface area contributed by atoms with Crippen molar-refractivity contribution in [2.24, 2.45) is 0 Å². The lowest BCUT2D eigenvalue weighted by atomic mass is 10.1. The second kappa shape index (κ2) is 7.32. The van der Waals surface area contributed by atoms with Crippen LogP contribution in [0.4, 0.5) is 0 Å². The molecule has 0 aliphatic rings. The number of ether oxygens (including phenoxy) is 1. The molecule has 2 rings (SSSR count). The Balaban J connectivity index is 2.09. The highest BCUT2D eigenvalue weighted by Gasteiger charge is 2.08.